The van der Waals surface area contributed by atoms with Crippen LogP contribution in [0.2, 0.25) is 0 Å². The molecule has 0 atom stereocenters. The van der Waals surface area contributed by atoms with Gasteiger partial charge >= 0.3 is 0 Å². The molecule has 0 spiro atoms. The van der Waals surface area contributed by atoms with E-state index in [9.17, 15) is 8.42 Å². The number of hydrogen-bond acceptors (Lipinski definition) is 6. The molecule has 4 aromatic rings. The van der Waals surface area contributed by atoms with E-state index in [0.29, 0.717) is 22.3 Å². The zero-order chi connectivity index (χ0) is 19.9. The molecule has 9 heteroatoms. The fourth-order valence-corrected chi connectivity index (χ4v) is 4.23. The Hall–Kier alpha value is -2.75. The molecule has 0 unspecified atom stereocenters. The van der Waals surface area contributed by atoms with Crippen LogP contribution in [0.15, 0.2) is 59.1 Å². The Labute approximate surface area is 166 Å². The summed E-state index contributed by atoms with van der Waals surface area (Å²) in [6, 6.07) is 15.5. The summed E-state index contributed by atoms with van der Waals surface area (Å²) in [6.45, 7) is 4.30. The van der Waals surface area contributed by atoms with Crippen LogP contribution in [0.4, 0.5) is 0 Å². The fraction of sp³-hybridized carbons (Fsp3) is 0.158. The van der Waals surface area contributed by atoms with E-state index >= 15 is 0 Å². The lowest BCUT2D eigenvalue weighted by Gasteiger charge is -2.09. The summed E-state index contributed by atoms with van der Waals surface area (Å²) in [4.78, 5) is 4.67. The molecule has 0 aliphatic rings. The number of fused-ring (bicyclic) bond motifs is 1. The molecular formula is C19H18N4O3S2. The number of primary sulfonamides is 1. The monoisotopic (exact) mass is 414 g/mol. The van der Waals surface area contributed by atoms with Gasteiger partial charge in [0.2, 0.25) is 9.30 Å². The van der Waals surface area contributed by atoms with Crippen LogP contribution in [0.3, 0.4) is 0 Å². The second-order valence-corrected chi connectivity index (χ2v) is 9.29. The maximum Gasteiger partial charge on any atom is 0.267 e. The largest absolute Gasteiger partial charge is 0.457 e. The van der Waals surface area contributed by atoms with Crippen LogP contribution in [0.25, 0.3) is 16.2 Å². The average molecular weight is 415 g/mol. The van der Waals surface area contributed by atoms with Crippen LogP contribution in [-0.2, 0) is 10.0 Å². The molecule has 0 saturated carbocycles. The lowest BCUT2D eigenvalue weighted by Crippen LogP contribution is -2.12. The number of sulfonamides is 1. The third-order valence-electron chi connectivity index (χ3n) is 4.24. The van der Waals surface area contributed by atoms with Gasteiger partial charge in [-0.3, -0.25) is 0 Å². The smallest absolute Gasteiger partial charge is 0.267 e. The number of ether oxygens (including phenoxy) is 1. The van der Waals surface area contributed by atoms with Crippen molar-refractivity contribution in [1.82, 2.24) is 14.6 Å². The predicted molar refractivity (Wildman–Crippen MR) is 108 cm³/mol. The summed E-state index contributed by atoms with van der Waals surface area (Å²) < 4.78 is 30.2. The molecule has 2 aromatic carbocycles. The quantitative estimate of drug-likeness (QED) is 0.532. The molecule has 2 aromatic heterocycles. The van der Waals surface area contributed by atoms with Crippen molar-refractivity contribution in [2.75, 3.05) is 0 Å². The van der Waals surface area contributed by atoms with Crippen LogP contribution < -0.4 is 9.88 Å². The van der Waals surface area contributed by atoms with Gasteiger partial charge in [-0.2, -0.15) is 0 Å². The summed E-state index contributed by atoms with van der Waals surface area (Å²) in [5.41, 5.74) is 2.77. The topological polar surface area (TPSA) is 99.6 Å². The molecule has 0 fully saturated rings. The third-order valence-corrected chi connectivity index (χ3v) is 6.48. The summed E-state index contributed by atoms with van der Waals surface area (Å²) in [6.07, 6.45) is 1.65. The van der Waals surface area contributed by atoms with E-state index in [0.717, 1.165) is 22.6 Å². The molecule has 28 heavy (non-hydrogen) atoms. The number of hydrogen-bond donors (Lipinski definition) is 1. The molecule has 0 amide bonds. The van der Waals surface area contributed by atoms with E-state index in [1.807, 2.05) is 36.4 Å². The third kappa shape index (κ3) is 3.64. The molecule has 0 saturated heterocycles. The Morgan fingerprint density at radius 1 is 1.04 bits per heavy atom. The minimum absolute atomic E-state index is 0.165. The summed E-state index contributed by atoms with van der Waals surface area (Å²) in [5, 5.41) is 9.21. The van der Waals surface area contributed by atoms with Crippen LogP contribution >= 0.6 is 11.3 Å². The van der Waals surface area contributed by atoms with Crippen LogP contribution in [0, 0.1) is 0 Å². The first kappa shape index (κ1) is 18.6. The normalized spacial score (nSPS) is 12.0. The standard InChI is InChI=1S/C19H18N4O3S2/c1-12(2)13-3-7-15(8-4-13)26-16-9-5-14(6-10-16)17-11-21-18-23(17)22-19(27-18)28(20,24)25/h3-12H,1-2H3,(H2,20,24,25). The Morgan fingerprint density at radius 2 is 1.64 bits per heavy atom. The van der Waals surface area contributed by atoms with Gasteiger partial charge < -0.3 is 4.74 Å². The van der Waals surface area contributed by atoms with E-state index in [-0.39, 0.29) is 4.34 Å². The first-order valence-electron chi connectivity index (χ1n) is 8.57. The molecule has 7 nitrogen and oxygen atoms in total. The first-order chi connectivity index (χ1) is 13.3. The van der Waals surface area contributed by atoms with Gasteiger partial charge in [0.05, 0.1) is 11.9 Å². The van der Waals surface area contributed by atoms with E-state index in [1.165, 1.54) is 10.1 Å². The van der Waals surface area contributed by atoms with E-state index in [4.69, 9.17) is 9.88 Å². The molecule has 0 aliphatic carbocycles. The van der Waals surface area contributed by atoms with Crippen LogP contribution in [-0.4, -0.2) is 23.0 Å². The highest BCUT2D eigenvalue weighted by Crippen LogP contribution is 2.29. The number of aromatic nitrogens is 3. The number of benzene rings is 2. The Bertz CT molecular complexity index is 1220. The van der Waals surface area contributed by atoms with Gasteiger partial charge in [-0.15, -0.1) is 5.10 Å². The molecule has 144 valence electrons. The Morgan fingerprint density at radius 3 is 2.21 bits per heavy atom. The molecule has 0 radical (unpaired) electrons. The van der Waals surface area contributed by atoms with Gasteiger partial charge in [0.25, 0.3) is 10.0 Å². The number of imidazole rings is 1. The predicted octanol–water partition coefficient (Wildman–Crippen LogP) is 4.02. The lowest BCUT2D eigenvalue weighted by atomic mass is 10.0. The minimum atomic E-state index is -3.86. The van der Waals surface area contributed by atoms with E-state index in [2.05, 4.69) is 36.1 Å². The highest BCUT2D eigenvalue weighted by atomic mass is 32.2. The first-order valence-corrected chi connectivity index (χ1v) is 10.9. The van der Waals surface area contributed by atoms with Gasteiger partial charge in [0, 0.05) is 5.56 Å². The van der Waals surface area contributed by atoms with Crippen molar-refractivity contribution in [1.29, 1.82) is 0 Å². The van der Waals surface area contributed by atoms with Crippen molar-refractivity contribution in [3.63, 3.8) is 0 Å². The van der Waals surface area contributed by atoms with Gasteiger partial charge in [0.1, 0.15) is 11.5 Å². The van der Waals surface area contributed by atoms with Crippen molar-refractivity contribution in [3.05, 3.63) is 60.3 Å². The van der Waals surface area contributed by atoms with Gasteiger partial charge in [-0.05, 0) is 47.9 Å². The van der Waals surface area contributed by atoms with Crippen molar-refractivity contribution < 1.29 is 13.2 Å². The fourth-order valence-electron chi connectivity index (χ4n) is 2.74. The van der Waals surface area contributed by atoms with Crippen molar-refractivity contribution in [2.45, 2.75) is 24.1 Å². The second-order valence-electron chi connectivity index (χ2n) is 6.60. The molecule has 2 N–H and O–H groups in total. The van der Waals surface area contributed by atoms with Crippen LogP contribution in [0.5, 0.6) is 11.5 Å². The number of nitrogens with two attached hydrogens (primary N) is 1. The summed E-state index contributed by atoms with van der Waals surface area (Å²) in [7, 11) is -3.86. The zero-order valence-electron chi connectivity index (χ0n) is 15.2. The van der Waals surface area contributed by atoms with E-state index < -0.39 is 10.0 Å². The summed E-state index contributed by atoms with van der Waals surface area (Å²) in [5.74, 6) is 1.94. The Balaban J connectivity index is 1.58. The molecule has 2 heterocycles. The zero-order valence-corrected chi connectivity index (χ0v) is 16.9. The van der Waals surface area contributed by atoms with Gasteiger partial charge in [-0.1, -0.05) is 37.3 Å². The van der Waals surface area contributed by atoms with Gasteiger partial charge in [0.15, 0.2) is 0 Å². The van der Waals surface area contributed by atoms with Crippen LogP contribution in [0.1, 0.15) is 25.3 Å². The van der Waals surface area contributed by atoms with Crippen molar-refractivity contribution >= 4 is 26.3 Å². The average Bonchev–Trinajstić information content (AvgIpc) is 3.23. The van der Waals surface area contributed by atoms with E-state index in [1.54, 1.807) is 6.20 Å². The number of rotatable bonds is 5. The molecule has 4 rings (SSSR count). The molecule has 0 aliphatic heterocycles. The van der Waals surface area contributed by atoms with Crippen molar-refractivity contribution in [3.8, 4) is 22.8 Å². The maximum atomic E-state index is 11.5. The minimum Gasteiger partial charge on any atom is -0.457 e. The SMILES string of the molecule is CC(C)c1ccc(Oc2ccc(-c3cnc4sc(S(N)(=O)=O)nn34)cc2)cc1. The second kappa shape index (κ2) is 7.01. The maximum absolute atomic E-state index is 11.5. The number of nitrogens with zero attached hydrogens (tertiary/aromatic N) is 3. The Kier molecular flexibility index (Phi) is 4.66. The van der Waals surface area contributed by atoms with Gasteiger partial charge in [-0.25, -0.2) is 23.1 Å². The lowest BCUT2D eigenvalue weighted by molar-refractivity contribution is 0.482. The highest BCUT2D eigenvalue weighted by molar-refractivity contribution is 7.91. The van der Waals surface area contributed by atoms with Crippen molar-refractivity contribution in [2.24, 2.45) is 5.14 Å². The molecular weight excluding hydrogens is 396 g/mol. The summed E-state index contributed by atoms with van der Waals surface area (Å²) >= 11 is 0.931. The highest BCUT2D eigenvalue weighted by Gasteiger charge is 2.18. The molecule has 0 bridgehead atoms.